The number of likely N-dealkylation sites (tertiary alicyclic amines) is 2. The van der Waals surface area contributed by atoms with Gasteiger partial charge in [-0.15, -0.1) is 0 Å². The second-order valence-electron chi connectivity index (χ2n) is 14.3. The number of amides is 2. The smallest absolute Gasteiger partial charge is 0.411 e. The highest BCUT2D eigenvalue weighted by atomic mass is 16.6. The molecule has 7 rings (SSSR count). The van der Waals surface area contributed by atoms with Crippen LogP contribution in [-0.2, 0) is 11.3 Å². The maximum Gasteiger partial charge on any atom is 0.411 e. The number of nitrogens with zero attached hydrogens (tertiary/aromatic N) is 2. The van der Waals surface area contributed by atoms with Crippen molar-refractivity contribution in [1.29, 1.82) is 0 Å². The molecule has 0 bridgehead atoms. The Morgan fingerprint density at radius 2 is 1.56 bits per heavy atom. The maximum absolute atomic E-state index is 13.3. The summed E-state index contributed by atoms with van der Waals surface area (Å²) in [7, 11) is 0. The van der Waals surface area contributed by atoms with Crippen LogP contribution in [0.4, 0.5) is 10.5 Å². The summed E-state index contributed by atoms with van der Waals surface area (Å²) in [6.07, 6.45) is 2.14. The van der Waals surface area contributed by atoms with Crippen LogP contribution in [0.1, 0.15) is 53.3 Å². The highest BCUT2D eigenvalue weighted by Crippen LogP contribution is 2.30. The third-order valence-electron chi connectivity index (χ3n) is 10.6. The van der Waals surface area contributed by atoms with E-state index in [2.05, 4.69) is 20.5 Å². The number of H-pyrrole nitrogens is 1. The molecule has 5 aromatic rings. The molecule has 5 N–H and O–H groups in total. The number of phenols is 1. The van der Waals surface area contributed by atoms with Crippen LogP contribution in [0.2, 0.25) is 0 Å². The lowest BCUT2D eigenvalue weighted by Crippen LogP contribution is -2.44. The molecular weight excluding hydrogens is 683 g/mol. The van der Waals surface area contributed by atoms with Gasteiger partial charge in [-0.3, -0.25) is 14.9 Å². The molecule has 1 aromatic heterocycles. The molecule has 2 aliphatic heterocycles. The number of nitrogens with one attached hydrogen (secondary N) is 3. The normalized spacial score (nSPS) is 16.3. The number of pyridine rings is 1. The Bertz CT molecular complexity index is 2110. The van der Waals surface area contributed by atoms with Gasteiger partial charge in [0.15, 0.2) is 0 Å². The first-order valence-electron chi connectivity index (χ1n) is 18.8. The number of rotatable bonds is 11. The summed E-state index contributed by atoms with van der Waals surface area (Å²) in [4.78, 5) is 44.9. The summed E-state index contributed by atoms with van der Waals surface area (Å²) >= 11 is 0. The van der Waals surface area contributed by atoms with E-state index in [0.29, 0.717) is 34.5 Å². The number of carbonyl (C=O) groups is 2. The number of carbonyl (C=O) groups excluding carboxylic acids is 2. The second-order valence-corrected chi connectivity index (χ2v) is 14.3. The van der Waals surface area contributed by atoms with Crippen LogP contribution in [0, 0.1) is 5.92 Å². The standard InChI is InChI=1S/C43H47N5O6/c49-38-16-14-35(36-15-17-40(51)46-41(36)38)39(50)27-44-26-29-10-12-32(13-11-29)42(52)48-24-18-30(19-25-48)28-47-22-20-33(21-23-47)54-43(53)45-37-9-5-4-8-34(37)31-6-2-1-3-7-31/h1-17,30,33,39,44,49-50H,18-28H2,(H,45,53)(H,46,51)/t39-/m1/s1. The van der Waals surface area contributed by atoms with Crippen molar-refractivity contribution in [2.24, 2.45) is 5.92 Å². The summed E-state index contributed by atoms with van der Waals surface area (Å²) in [5, 5.41) is 27.8. The number of aliphatic hydroxyl groups is 1. The molecule has 4 aromatic carbocycles. The number of piperidine rings is 2. The Morgan fingerprint density at radius 3 is 2.31 bits per heavy atom. The van der Waals surface area contributed by atoms with Crippen molar-refractivity contribution in [2.45, 2.75) is 44.4 Å². The molecule has 1 atom stereocenters. The molecular formula is C43H47N5O6. The molecule has 54 heavy (non-hydrogen) atoms. The number of aromatic amines is 1. The van der Waals surface area contributed by atoms with E-state index >= 15 is 0 Å². The number of ether oxygens (including phenoxy) is 1. The fourth-order valence-corrected chi connectivity index (χ4v) is 7.61. The number of aromatic hydroxyl groups is 1. The largest absolute Gasteiger partial charge is 0.506 e. The molecule has 3 heterocycles. The van der Waals surface area contributed by atoms with E-state index in [1.807, 2.05) is 83.8 Å². The number of fused-ring (bicyclic) bond motifs is 1. The zero-order valence-corrected chi connectivity index (χ0v) is 30.2. The Labute approximate surface area is 314 Å². The highest BCUT2D eigenvalue weighted by Gasteiger charge is 2.28. The summed E-state index contributed by atoms with van der Waals surface area (Å²) in [5.74, 6) is 0.522. The predicted octanol–water partition coefficient (Wildman–Crippen LogP) is 6.29. The van der Waals surface area contributed by atoms with Crippen LogP contribution < -0.4 is 16.2 Å². The maximum atomic E-state index is 13.3. The van der Waals surface area contributed by atoms with E-state index in [0.717, 1.165) is 80.8 Å². The molecule has 2 aliphatic rings. The molecule has 0 radical (unpaired) electrons. The minimum Gasteiger partial charge on any atom is -0.506 e. The van der Waals surface area contributed by atoms with Crippen molar-refractivity contribution in [3.05, 3.63) is 130 Å². The number of aliphatic hydroxyl groups excluding tert-OH is 1. The van der Waals surface area contributed by atoms with E-state index < -0.39 is 12.2 Å². The van der Waals surface area contributed by atoms with Gasteiger partial charge in [-0.25, -0.2) is 4.79 Å². The number of aromatic nitrogens is 1. The summed E-state index contributed by atoms with van der Waals surface area (Å²) in [5.41, 5.74) is 4.96. The van der Waals surface area contributed by atoms with Crippen molar-refractivity contribution < 1.29 is 24.5 Å². The van der Waals surface area contributed by atoms with Gasteiger partial charge in [-0.05, 0) is 78.6 Å². The zero-order valence-electron chi connectivity index (χ0n) is 30.2. The average molecular weight is 730 g/mol. The quantitative estimate of drug-likeness (QED) is 0.107. The molecule has 2 saturated heterocycles. The van der Waals surface area contributed by atoms with Gasteiger partial charge in [0.1, 0.15) is 11.9 Å². The number of anilines is 1. The third kappa shape index (κ3) is 8.99. The van der Waals surface area contributed by atoms with Crippen molar-refractivity contribution >= 4 is 28.6 Å². The summed E-state index contributed by atoms with van der Waals surface area (Å²) in [6.45, 7) is 4.99. The first kappa shape index (κ1) is 36.9. The van der Waals surface area contributed by atoms with E-state index in [-0.39, 0.29) is 29.9 Å². The molecule has 11 heteroatoms. The number of benzene rings is 4. The van der Waals surface area contributed by atoms with Crippen LogP contribution in [0.15, 0.2) is 108 Å². The van der Waals surface area contributed by atoms with Gasteiger partial charge in [0.25, 0.3) is 5.91 Å². The minimum absolute atomic E-state index is 0.0447. The fourth-order valence-electron chi connectivity index (χ4n) is 7.61. The van der Waals surface area contributed by atoms with Crippen molar-refractivity contribution in [3.8, 4) is 16.9 Å². The van der Waals surface area contributed by atoms with Crippen LogP contribution in [-0.4, -0.2) is 82.4 Å². The Balaban J connectivity index is 0.808. The Kier molecular flexibility index (Phi) is 11.7. The van der Waals surface area contributed by atoms with Crippen LogP contribution in [0.5, 0.6) is 5.75 Å². The molecule has 0 aliphatic carbocycles. The minimum atomic E-state index is -0.850. The Hall–Kier alpha value is -5.49. The van der Waals surface area contributed by atoms with Crippen LogP contribution >= 0.6 is 0 Å². The number of hydrogen-bond acceptors (Lipinski definition) is 8. The second kappa shape index (κ2) is 17.1. The lowest BCUT2D eigenvalue weighted by molar-refractivity contribution is 0.0459. The highest BCUT2D eigenvalue weighted by molar-refractivity contribution is 5.94. The molecule has 11 nitrogen and oxygen atoms in total. The number of phenolic OH excluding ortho intramolecular Hbond substituents is 1. The number of para-hydroxylation sites is 1. The van der Waals surface area contributed by atoms with Crippen molar-refractivity contribution in [2.75, 3.05) is 44.6 Å². The van der Waals surface area contributed by atoms with Crippen LogP contribution in [0.3, 0.4) is 0 Å². The molecule has 280 valence electrons. The van der Waals surface area contributed by atoms with Gasteiger partial charge < -0.3 is 35.1 Å². The lowest BCUT2D eigenvalue weighted by Gasteiger charge is -2.37. The molecule has 0 saturated carbocycles. The van der Waals surface area contributed by atoms with Gasteiger partial charge in [-0.2, -0.15) is 0 Å². The predicted molar refractivity (Wildman–Crippen MR) is 209 cm³/mol. The third-order valence-corrected chi connectivity index (χ3v) is 10.6. The van der Waals surface area contributed by atoms with Gasteiger partial charge >= 0.3 is 6.09 Å². The average Bonchev–Trinajstić information content (AvgIpc) is 3.20. The van der Waals surface area contributed by atoms with E-state index in [4.69, 9.17) is 4.74 Å². The van der Waals surface area contributed by atoms with E-state index in [1.165, 1.54) is 12.1 Å². The Morgan fingerprint density at radius 1 is 0.833 bits per heavy atom. The first-order valence-corrected chi connectivity index (χ1v) is 18.8. The summed E-state index contributed by atoms with van der Waals surface area (Å²) in [6, 6.07) is 31.4. The van der Waals surface area contributed by atoms with Gasteiger partial charge in [-0.1, -0.05) is 66.7 Å². The molecule has 0 unspecified atom stereocenters. The van der Waals surface area contributed by atoms with Gasteiger partial charge in [0.2, 0.25) is 5.56 Å². The van der Waals surface area contributed by atoms with Crippen molar-refractivity contribution in [1.82, 2.24) is 20.1 Å². The fraction of sp³-hybridized carbons (Fsp3) is 0.326. The topological polar surface area (TPSA) is 147 Å². The van der Waals surface area contributed by atoms with Gasteiger partial charge in [0, 0.05) is 68.4 Å². The van der Waals surface area contributed by atoms with E-state index in [1.54, 1.807) is 12.1 Å². The molecule has 2 amide bonds. The molecule has 0 spiro atoms. The van der Waals surface area contributed by atoms with Gasteiger partial charge in [0.05, 0.1) is 17.3 Å². The van der Waals surface area contributed by atoms with E-state index in [9.17, 15) is 24.6 Å². The summed E-state index contributed by atoms with van der Waals surface area (Å²) < 4.78 is 5.83. The lowest BCUT2D eigenvalue weighted by atomic mass is 9.94. The van der Waals surface area contributed by atoms with Crippen LogP contribution in [0.25, 0.3) is 22.0 Å². The molecule has 2 fully saturated rings. The zero-order chi connectivity index (χ0) is 37.4. The van der Waals surface area contributed by atoms with Crippen molar-refractivity contribution in [3.63, 3.8) is 0 Å². The monoisotopic (exact) mass is 729 g/mol. The first-order chi connectivity index (χ1) is 26.3. The number of hydrogen-bond donors (Lipinski definition) is 5. The SMILES string of the molecule is O=C(Nc1ccccc1-c1ccccc1)OC1CCN(CC2CCN(C(=O)c3ccc(CNC[C@@H](O)c4ccc(O)c5[nH]c(=O)ccc45)cc3)CC2)CC1.